The lowest BCUT2D eigenvalue weighted by molar-refractivity contribution is 0.482. The van der Waals surface area contributed by atoms with Gasteiger partial charge in [-0.25, -0.2) is 9.97 Å². The average Bonchev–Trinajstić information content (AvgIpc) is 4.07. The number of nitrogens with zero attached hydrogens (tertiary/aromatic N) is 5. The second kappa shape index (κ2) is 13.5. The van der Waals surface area contributed by atoms with Crippen LogP contribution in [0.15, 0.2) is 225 Å². The molecule has 14 aromatic rings. The van der Waals surface area contributed by atoms with Crippen LogP contribution in [-0.4, -0.2) is 23.5 Å². The van der Waals surface area contributed by atoms with Gasteiger partial charge in [-0.05, 0) is 100 Å². The fourth-order valence-electron chi connectivity index (χ4n) is 11.7. The van der Waals surface area contributed by atoms with Crippen LogP contribution in [0.25, 0.3) is 93.5 Å². The molecule has 9 aromatic carbocycles. The third kappa shape index (κ3) is 4.83. The SMILES string of the molecule is c1ccc(-n2c3ccccc3c3c2ccc2c4ccc(Oc5ccc6c(c5)-n5c7ncccc7c7cccc(c75)C6(c5ccccc5)c5ccccc5)cc4c4nc5ccccc5n4c23)cc1. The standard InChI is InChI=1S/C61H37N5O/c1-4-16-38(17-5-1)61(39-18-6-2-7-19-39)49-33-30-42(37-55(49)66-57-44(23-14-25-50(57)61)46-24-15-35-62-59(46)66)67-41-29-31-43-45-32-34-54-56(47-22-10-12-27-52(47)64(54)40-20-8-3-9-21-40)58(45)65-53-28-13-11-26-51(53)63-60(65)48(43)36-41/h1-37H. The highest BCUT2D eigenvalue weighted by atomic mass is 16.5. The van der Waals surface area contributed by atoms with Crippen molar-refractivity contribution >= 4 is 82.1 Å². The van der Waals surface area contributed by atoms with Crippen LogP contribution in [0, 0.1) is 0 Å². The number of rotatable bonds is 5. The predicted octanol–water partition coefficient (Wildman–Crippen LogP) is 14.9. The molecule has 1 aliphatic rings. The maximum Gasteiger partial charge on any atom is 0.146 e. The summed E-state index contributed by atoms with van der Waals surface area (Å²) in [6.45, 7) is 0. The highest BCUT2D eigenvalue weighted by molar-refractivity contribution is 6.27. The van der Waals surface area contributed by atoms with Crippen LogP contribution in [0.4, 0.5) is 0 Å². The molecule has 0 fully saturated rings. The van der Waals surface area contributed by atoms with Gasteiger partial charge in [0.05, 0.1) is 44.2 Å². The molecule has 6 heterocycles. The number of benzene rings is 9. The molecule has 0 bridgehead atoms. The van der Waals surface area contributed by atoms with Crippen LogP contribution in [-0.2, 0) is 5.41 Å². The van der Waals surface area contributed by atoms with Crippen LogP contribution in [0.2, 0.25) is 0 Å². The summed E-state index contributed by atoms with van der Waals surface area (Å²) in [5.41, 5.74) is 14.8. The molecular formula is C61H37N5O. The van der Waals surface area contributed by atoms with E-state index in [1.54, 1.807) is 0 Å². The van der Waals surface area contributed by atoms with Gasteiger partial charge in [-0.1, -0.05) is 140 Å². The molecule has 0 aliphatic carbocycles. The summed E-state index contributed by atoms with van der Waals surface area (Å²) >= 11 is 0. The number of ether oxygens (including phenoxy) is 1. The van der Waals surface area contributed by atoms with E-state index in [2.05, 4.69) is 226 Å². The zero-order valence-corrected chi connectivity index (χ0v) is 36.0. The second-order valence-corrected chi connectivity index (χ2v) is 17.7. The van der Waals surface area contributed by atoms with Crippen molar-refractivity contribution in [2.45, 2.75) is 5.41 Å². The maximum atomic E-state index is 7.05. The van der Waals surface area contributed by atoms with Crippen molar-refractivity contribution in [1.29, 1.82) is 0 Å². The van der Waals surface area contributed by atoms with Gasteiger partial charge >= 0.3 is 0 Å². The molecule has 6 nitrogen and oxygen atoms in total. The van der Waals surface area contributed by atoms with Crippen molar-refractivity contribution in [2.75, 3.05) is 0 Å². The number of hydrogen-bond acceptors (Lipinski definition) is 3. The summed E-state index contributed by atoms with van der Waals surface area (Å²) in [7, 11) is 0. The lowest BCUT2D eigenvalue weighted by Crippen LogP contribution is -2.35. The van der Waals surface area contributed by atoms with E-state index in [9.17, 15) is 0 Å². The van der Waals surface area contributed by atoms with Crippen molar-refractivity contribution in [3.05, 3.63) is 247 Å². The molecule has 15 rings (SSSR count). The summed E-state index contributed by atoms with van der Waals surface area (Å²) in [5.74, 6) is 1.47. The Kier molecular flexibility index (Phi) is 7.33. The second-order valence-electron chi connectivity index (χ2n) is 17.7. The van der Waals surface area contributed by atoms with E-state index in [-0.39, 0.29) is 0 Å². The maximum absolute atomic E-state index is 7.05. The van der Waals surface area contributed by atoms with E-state index in [1.165, 1.54) is 38.4 Å². The first-order chi connectivity index (χ1) is 33.3. The zero-order chi connectivity index (χ0) is 43.8. The number of pyridine rings is 2. The van der Waals surface area contributed by atoms with E-state index >= 15 is 0 Å². The Morgan fingerprint density at radius 1 is 0.403 bits per heavy atom. The fraction of sp³-hybridized carbons (Fsp3) is 0.0164. The molecule has 312 valence electrons. The van der Waals surface area contributed by atoms with E-state index < -0.39 is 5.41 Å². The van der Waals surface area contributed by atoms with Crippen LogP contribution in [0.5, 0.6) is 11.5 Å². The highest BCUT2D eigenvalue weighted by Gasteiger charge is 2.45. The Labute approximate surface area is 383 Å². The summed E-state index contributed by atoms with van der Waals surface area (Å²) < 4.78 is 14.2. The molecule has 0 unspecified atom stereocenters. The molecule has 0 amide bonds. The molecule has 0 atom stereocenters. The molecule has 0 spiro atoms. The van der Waals surface area contributed by atoms with Crippen LogP contribution in [0.3, 0.4) is 0 Å². The number of imidazole rings is 1. The lowest BCUT2D eigenvalue weighted by atomic mass is 9.63. The molecule has 0 saturated carbocycles. The molecule has 5 aromatic heterocycles. The first-order valence-corrected chi connectivity index (χ1v) is 22.8. The summed E-state index contributed by atoms with van der Waals surface area (Å²) in [6, 6.07) is 78.4. The topological polar surface area (TPSA) is 49.3 Å². The summed E-state index contributed by atoms with van der Waals surface area (Å²) in [6.07, 6.45) is 1.89. The van der Waals surface area contributed by atoms with Crippen LogP contribution >= 0.6 is 0 Å². The first-order valence-electron chi connectivity index (χ1n) is 22.8. The lowest BCUT2D eigenvalue weighted by Gasteiger charge is -2.41. The number of para-hydroxylation sites is 5. The van der Waals surface area contributed by atoms with Gasteiger partial charge in [0, 0.05) is 50.3 Å². The fourth-order valence-corrected chi connectivity index (χ4v) is 11.7. The monoisotopic (exact) mass is 855 g/mol. The Bertz CT molecular complexity index is 4320. The Morgan fingerprint density at radius 3 is 1.88 bits per heavy atom. The largest absolute Gasteiger partial charge is 0.457 e. The minimum Gasteiger partial charge on any atom is -0.457 e. The van der Waals surface area contributed by atoms with Gasteiger partial charge in [-0.15, -0.1) is 0 Å². The van der Waals surface area contributed by atoms with Crippen LogP contribution in [0.1, 0.15) is 22.3 Å². The van der Waals surface area contributed by atoms with Gasteiger partial charge in [0.25, 0.3) is 0 Å². The van der Waals surface area contributed by atoms with Crippen molar-refractivity contribution in [3.63, 3.8) is 0 Å². The van der Waals surface area contributed by atoms with Gasteiger partial charge in [0.2, 0.25) is 0 Å². The molecule has 1 aliphatic heterocycles. The Balaban J connectivity index is 0.972. The van der Waals surface area contributed by atoms with E-state index in [1.807, 2.05) is 12.3 Å². The quantitative estimate of drug-likeness (QED) is 0.162. The van der Waals surface area contributed by atoms with E-state index in [0.29, 0.717) is 0 Å². The zero-order valence-electron chi connectivity index (χ0n) is 36.0. The van der Waals surface area contributed by atoms with E-state index in [0.717, 1.165) is 88.9 Å². The van der Waals surface area contributed by atoms with Gasteiger partial charge < -0.3 is 9.30 Å². The smallest absolute Gasteiger partial charge is 0.146 e. The molecule has 6 heteroatoms. The molecule has 0 radical (unpaired) electrons. The summed E-state index contributed by atoms with van der Waals surface area (Å²) in [4.78, 5) is 10.4. The number of hydrogen-bond donors (Lipinski definition) is 0. The summed E-state index contributed by atoms with van der Waals surface area (Å²) in [5, 5.41) is 7.99. The minimum absolute atomic E-state index is 0.614. The van der Waals surface area contributed by atoms with Gasteiger partial charge in [-0.3, -0.25) is 8.97 Å². The molecule has 67 heavy (non-hydrogen) atoms. The molecule has 0 saturated heterocycles. The Hall–Kier alpha value is -9.00. The average molecular weight is 856 g/mol. The van der Waals surface area contributed by atoms with Crippen LogP contribution < -0.4 is 4.74 Å². The normalized spacial score (nSPS) is 13.2. The number of aromatic nitrogens is 5. The third-order valence-electron chi connectivity index (χ3n) is 14.3. The van der Waals surface area contributed by atoms with Crippen molar-refractivity contribution in [3.8, 4) is 22.9 Å². The van der Waals surface area contributed by atoms with Crippen molar-refractivity contribution in [2.24, 2.45) is 0 Å². The van der Waals surface area contributed by atoms with Gasteiger partial charge in [0.15, 0.2) is 0 Å². The highest BCUT2D eigenvalue weighted by Crippen LogP contribution is 2.55. The molecule has 0 N–H and O–H groups in total. The minimum atomic E-state index is -0.614. The van der Waals surface area contributed by atoms with Crippen molar-refractivity contribution in [1.82, 2.24) is 23.5 Å². The van der Waals surface area contributed by atoms with Gasteiger partial charge in [0.1, 0.15) is 22.8 Å². The van der Waals surface area contributed by atoms with E-state index in [4.69, 9.17) is 14.7 Å². The first kappa shape index (κ1) is 36.4. The third-order valence-corrected chi connectivity index (χ3v) is 14.3. The number of fused-ring (bicyclic) bond motifs is 17. The van der Waals surface area contributed by atoms with Gasteiger partial charge in [-0.2, -0.15) is 0 Å². The predicted molar refractivity (Wildman–Crippen MR) is 273 cm³/mol. The molecular weight excluding hydrogens is 819 g/mol. The van der Waals surface area contributed by atoms with Crippen molar-refractivity contribution < 1.29 is 4.74 Å². The Morgan fingerprint density at radius 2 is 1.06 bits per heavy atom.